The second-order valence-corrected chi connectivity index (χ2v) is 16.8. The topological polar surface area (TPSA) is 69.4 Å². The molecule has 5 heteroatoms. The van der Waals surface area contributed by atoms with E-state index in [2.05, 4.69) is 74.4 Å². The van der Waals surface area contributed by atoms with E-state index in [-0.39, 0.29) is 38.8 Å². The van der Waals surface area contributed by atoms with E-state index >= 15 is 0 Å². The first-order valence-electron chi connectivity index (χ1n) is 16.5. The fourth-order valence-electron chi connectivity index (χ4n) is 8.99. The summed E-state index contributed by atoms with van der Waals surface area (Å²) in [5.41, 5.74) is 2.33. The summed E-state index contributed by atoms with van der Waals surface area (Å²) < 4.78 is 10.9. The third-order valence-corrected chi connectivity index (χ3v) is 12.3. The van der Waals surface area contributed by atoms with Crippen LogP contribution in [0, 0.1) is 33.0 Å². The van der Waals surface area contributed by atoms with Crippen LogP contribution in [0.15, 0.2) is 22.4 Å². The van der Waals surface area contributed by atoms with Crippen molar-refractivity contribution in [3.63, 3.8) is 0 Å². The molecule has 1 aromatic rings. The summed E-state index contributed by atoms with van der Waals surface area (Å²) in [4.78, 5) is 25.1. The molecule has 0 aliphatic heterocycles. The highest BCUT2D eigenvalue weighted by atomic mass is 16.5. The minimum absolute atomic E-state index is 0.0442. The average Bonchev–Trinajstić information content (AvgIpc) is 3.36. The van der Waals surface area contributed by atoms with Gasteiger partial charge in [-0.15, -0.1) is 0 Å². The second-order valence-electron chi connectivity index (χ2n) is 16.8. The summed E-state index contributed by atoms with van der Waals surface area (Å²) in [5.74, 6) is 1.39. The number of carbonyl (C=O) groups excluding carboxylic acids is 2. The zero-order valence-corrected chi connectivity index (χ0v) is 29.1. The van der Waals surface area contributed by atoms with E-state index in [0.29, 0.717) is 17.8 Å². The molecule has 3 rings (SSSR count). The van der Waals surface area contributed by atoms with E-state index < -0.39 is 0 Å². The maximum atomic E-state index is 12.9. The number of methoxy groups -OCH3 is 1. The molecule has 0 unspecified atom stereocenters. The number of hydrogen-bond acceptors (Lipinski definition) is 5. The lowest BCUT2D eigenvalue weighted by Crippen LogP contribution is -2.56. The fraction of sp³-hybridized carbons (Fsp3) is 0.811. The van der Waals surface area contributed by atoms with Gasteiger partial charge in [-0.2, -0.15) is 0 Å². The summed E-state index contributed by atoms with van der Waals surface area (Å²) in [7, 11) is 1.49. The van der Waals surface area contributed by atoms with Crippen LogP contribution < -0.4 is 0 Å². The van der Waals surface area contributed by atoms with Crippen molar-refractivity contribution < 1.29 is 18.8 Å². The number of carbonyl (C=O) groups is 2. The Hall–Kier alpha value is -1.91. The van der Waals surface area contributed by atoms with Gasteiger partial charge in [-0.25, -0.2) is 0 Å². The number of ketones is 1. The van der Waals surface area contributed by atoms with Gasteiger partial charge in [-0.05, 0) is 104 Å². The highest BCUT2D eigenvalue weighted by Crippen LogP contribution is 2.67. The number of allylic oxidation sites excluding steroid dienone is 2. The fourth-order valence-corrected chi connectivity index (χ4v) is 8.99. The van der Waals surface area contributed by atoms with Crippen molar-refractivity contribution in [3.8, 4) is 0 Å². The van der Waals surface area contributed by atoms with Crippen molar-refractivity contribution in [1.82, 2.24) is 5.16 Å². The largest absolute Gasteiger partial charge is 0.469 e. The molecule has 2 aliphatic carbocycles. The molecule has 0 N–H and O–H groups in total. The van der Waals surface area contributed by atoms with Crippen LogP contribution in [0.1, 0.15) is 152 Å². The Morgan fingerprint density at radius 2 is 1.67 bits per heavy atom. The van der Waals surface area contributed by atoms with E-state index in [1.165, 1.54) is 31.1 Å². The maximum absolute atomic E-state index is 12.9. The van der Waals surface area contributed by atoms with Gasteiger partial charge in [0.2, 0.25) is 0 Å². The van der Waals surface area contributed by atoms with E-state index in [1.807, 2.05) is 12.3 Å². The standard InChI is InChI=1S/C37H61NO4/c1-13-16-32(3,4)19-21-35(9,17-15-30(40)41-12)22-20-33(5,6)37(11)18-14-28-34(7,8)31-27(25-38-42-31)24-36(28,10)29(37)23-26(2)39/h23,25,28H,13-22,24H2,1-12H3/b29-23-/t28-,35-,36-,37+/m0/s1. The molecule has 4 atom stereocenters. The Morgan fingerprint density at radius 1 is 1.02 bits per heavy atom. The van der Waals surface area contributed by atoms with Crippen LogP contribution >= 0.6 is 0 Å². The quantitative estimate of drug-likeness (QED) is 0.171. The molecule has 1 fully saturated rings. The van der Waals surface area contributed by atoms with Crippen molar-refractivity contribution in [3.05, 3.63) is 29.2 Å². The van der Waals surface area contributed by atoms with Crippen molar-refractivity contribution in [1.29, 1.82) is 0 Å². The van der Waals surface area contributed by atoms with Gasteiger partial charge >= 0.3 is 5.97 Å². The molecule has 0 radical (unpaired) electrons. The molecule has 0 spiro atoms. The van der Waals surface area contributed by atoms with Crippen LogP contribution in [0.25, 0.3) is 0 Å². The molecule has 42 heavy (non-hydrogen) atoms. The monoisotopic (exact) mass is 583 g/mol. The first-order chi connectivity index (χ1) is 19.3. The molecular formula is C37H61NO4. The van der Waals surface area contributed by atoms with Gasteiger partial charge < -0.3 is 9.26 Å². The molecule has 0 amide bonds. The highest BCUT2D eigenvalue weighted by molar-refractivity contribution is 5.88. The van der Waals surface area contributed by atoms with E-state index in [9.17, 15) is 9.59 Å². The summed E-state index contributed by atoms with van der Waals surface area (Å²) >= 11 is 0. The van der Waals surface area contributed by atoms with Crippen LogP contribution in [-0.4, -0.2) is 24.0 Å². The summed E-state index contributed by atoms with van der Waals surface area (Å²) in [6, 6.07) is 0. The molecule has 0 bridgehead atoms. The van der Waals surface area contributed by atoms with Gasteiger partial charge in [0.15, 0.2) is 5.78 Å². The summed E-state index contributed by atoms with van der Waals surface area (Å²) in [6.45, 7) is 25.4. The number of hydrogen-bond donors (Lipinski definition) is 0. The zero-order chi connectivity index (χ0) is 31.8. The molecule has 0 aromatic carbocycles. The number of esters is 1. The number of ether oxygens (including phenoxy) is 1. The predicted molar refractivity (Wildman–Crippen MR) is 171 cm³/mol. The number of nitrogens with zero attached hydrogens (tertiary/aromatic N) is 1. The molecule has 1 aromatic heterocycles. The third-order valence-electron chi connectivity index (χ3n) is 12.3. The minimum Gasteiger partial charge on any atom is -0.469 e. The van der Waals surface area contributed by atoms with Crippen molar-refractivity contribution in [2.24, 2.45) is 33.0 Å². The Bertz CT molecular complexity index is 1160. The lowest BCUT2D eigenvalue weighted by Gasteiger charge is -2.62. The number of rotatable bonds is 13. The van der Waals surface area contributed by atoms with Crippen LogP contribution in [0.4, 0.5) is 0 Å². The Balaban J connectivity index is 1.95. The van der Waals surface area contributed by atoms with Crippen LogP contribution in [0.5, 0.6) is 0 Å². The number of aromatic nitrogens is 1. The predicted octanol–water partition coefficient (Wildman–Crippen LogP) is 9.82. The second kappa shape index (κ2) is 12.2. The van der Waals surface area contributed by atoms with Gasteiger partial charge in [0.25, 0.3) is 0 Å². The first-order valence-corrected chi connectivity index (χ1v) is 16.5. The Labute approximate surface area is 257 Å². The number of fused-ring (bicyclic) bond motifs is 2. The lowest BCUT2D eigenvalue weighted by molar-refractivity contribution is -0.141. The maximum Gasteiger partial charge on any atom is 0.305 e. The van der Waals surface area contributed by atoms with Crippen LogP contribution in [-0.2, 0) is 26.2 Å². The smallest absolute Gasteiger partial charge is 0.305 e. The van der Waals surface area contributed by atoms with Crippen molar-refractivity contribution in [2.75, 3.05) is 7.11 Å². The Morgan fingerprint density at radius 3 is 2.26 bits per heavy atom. The normalized spacial score (nSPS) is 28.1. The summed E-state index contributed by atoms with van der Waals surface area (Å²) in [6.07, 6.45) is 14.9. The van der Waals surface area contributed by atoms with Crippen molar-refractivity contribution >= 4 is 11.8 Å². The molecule has 2 aliphatic rings. The zero-order valence-electron chi connectivity index (χ0n) is 29.1. The molecule has 1 heterocycles. The third kappa shape index (κ3) is 6.75. The molecule has 238 valence electrons. The average molecular weight is 584 g/mol. The summed E-state index contributed by atoms with van der Waals surface area (Å²) in [5, 5.41) is 4.20. The minimum atomic E-state index is -0.156. The van der Waals surface area contributed by atoms with E-state index in [1.54, 1.807) is 6.92 Å². The lowest BCUT2D eigenvalue weighted by atomic mass is 9.41. The van der Waals surface area contributed by atoms with E-state index in [0.717, 1.165) is 57.1 Å². The van der Waals surface area contributed by atoms with Gasteiger partial charge in [0.05, 0.1) is 13.3 Å². The molecular weight excluding hydrogens is 522 g/mol. The van der Waals surface area contributed by atoms with Crippen LogP contribution in [0.2, 0.25) is 0 Å². The van der Waals surface area contributed by atoms with E-state index in [4.69, 9.17) is 9.26 Å². The molecule has 0 saturated heterocycles. The molecule has 1 saturated carbocycles. The SMILES string of the molecule is CCCC(C)(C)CC[C@](C)(CCC(=O)OC)CCC(C)(C)[C@]1(C)CC[C@H]2C(C)(C)c3oncc3C[C@]2(C)/C1=C/C(C)=O. The van der Waals surface area contributed by atoms with Gasteiger partial charge in [0, 0.05) is 17.4 Å². The highest BCUT2D eigenvalue weighted by Gasteiger charge is 2.61. The van der Waals surface area contributed by atoms with Crippen molar-refractivity contribution in [2.45, 2.75) is 152 Å². The van der Waals surface area contributed by atoms with Gasteiger partial charge in [0.1, 0.15) is 5.76 Å². The Kier molecular flexibility index (Phi) is 10.1. The van der Waals surface area contributed by atoms with Gasteiger partial charge in [-0.1, -0.05) is 86.4 Å². The molecule has 5 nitrogen and oxygen atoms in total. The van der Waals surface area contributed by atoms with Crippen LogP contribution in [0.3, 0.4) is 0 Å². The van der Waals surface area contributed by atoms with Gasteiger partial charge in [-0.3, -0.25) is 9.59 Å². The first kappa shape index (κ1) is 34.6.